The summed E-state index contributed by atoms with van der Waals surface area (Å²) in [4.78, 5) is 33.0. The minimum absolute atomic E-state index is 0.0103. The van der Waals surface area contributed by atoms with Crippen molar-refractivity contribution in [3.8, 4) is 5.75 Å². The number of benzene rings is 1. The van der Waals surface area contributed by atoms with Crippen molar-refractivity contribution in [3.63, 3.8) is 0 Å². The van der Waals surface area contributed by atoms with Gasteiger partial charge in [0, 0.05) is 6.07 Å². The lowest BCUT2D eigenvalue weighted by Crippen LogP contribution is -2.43. The molecule has 0 aliphatic rings. The van der Waals surface area contributed by atoms with Crippen molar-refractivity contribution in [2.75, 3.05) is 6.61 Å². The minimum atomic E-state index is -1.15. The molecule has 0 bridgehead atoms. The molecule has 9 heteroatoms. The van der Waals surface area contributed by atoms with E-state index in [1.165, 1.54) is 18.2 Å². The first-order valence-corrected chi connectivity index (χ1v) is 7.16. The van der Waals surface area contributed by atoms with E-state index in [4.69, 9.17) is 14.6 Å². The van der Waals surface area contributed by atoms with Crippen LogP contribution in [0.25, 0.3) is 0 Å². The number of carbonyl (C=O) groups is 2. The van der Waals surface area contributed by atoms with Crippen LogP contribution in [0, 0.1) is 10.1 Å². The summed E-state index contributed by atoms with van der Waals surface area (Å²) in [5.74, 6) is -1.16. The molecule has 1 aromatic carbocycles. The van der Waals surface area contributed by atoms with Crippen molar-refractivity contribution in [3.05, 3.63) is 34.4 Å². The van der Waals surface area contributed by atoms with Gasteiger partial charge in [-0.1, -0.05) is 12.1 Å². The fraction of sp³-hybridized carbons (Fsp3) is 0.467. The molecule has 1 aromatic rings. The molecule has 0 fully saturated rings. The molecule has 0 saturated carbocycles. The van der Waals surface area contributed by atoms with E-state index < -0.39 is 35.0 Å². The number of nitro benzene ring substituents is 1. The Bertz CT molecular complexity index is 610. The number of hydrogen-bond donors (Lipinski definition) is 2. The first-order chi connectivity index (χ1) is 11.1. The van der Waals surface area contributed by atoms with Crippen molar-refractivity contribution in [2.45, 2.75) is 38.8 Å². The molecular weight excluding hydrogens is 320 g/mol. The van der Waals surface area contributed by atoms with E-state index in [0.717, 1.165) is 0 Å². The molecule has 1 atom stereocenters. The topological polar surface area (TPSA) is 128 Å². The summed E-state index contributed by atoms with van der Waals surface area (Å²) < 4.78 is 10.4. The third kappa shape index (κ3) is 6.95. The summed E-state index contributed by atoms with van der Waals surface area (Å²) in [5.41, 5.74) is -0.986. The first-order valence-electron chi connectivity index (χ1n) is 7.16. The van der Waals surface area contributed by atoms with Crippen molar-refractivity contribution in [2.24, 2.45) is 0 Å². The summed E-state index contributed by atoms with van der Waals surface area (Å²) in [6.07, 6.45) is -1.21. The number of carboxylic acids is 1. The highest BCUT2D eigenvalue weighted by Gasteiger charge is 2.23. The zero-order chi connectivity index (χ0) is 18.3. The van der Waals surface area contributed by atoms with Crippen LogP contribution in [-0.2, 0) is 9.53 Å². The van der Waals surface area contributed by atoms with Gasteiger partial charge >= 0.3 is 17.7 Å². The van der Waals surface area contributed by atoms with Crippen LogP contribution in [0.3, 0.4) is 0 Å². The maximum atomic E-state index is 11.7. The van der Waals surface area contributed by atoms with E-state index in [-0.39, 0.29) is 18.0 Å². The Labute approximate surface area is 138 Å². The van der Waals surface area contributed by atoms with E-state index in [0.29, 0.717) is 0 Å². The summed E-state index contributed by atoms with van der Waals surface area (Å²) >= 11 is 0. The number of hydrogen-bond acceptors (Lipinski definition) is 6. The minimum Gasteiger partial charge on any atom is -0.485 e. The Morgan fingerprint density at radius 1 is 1.33 bits per heavy atom. The van der Waals surface area contributed by atoms with Gasteiger partial charge in [-0.2, -0.15) is 0 Å². The summed E-state index contributed by atoms with van der Waals surface area (Å²) in [5, 5.41) is 22.2. The Kier molecular flexibility index (Phi) is 6.51. The largest absolute Gasteiger partial charge is 0.485 e. The van der Waals surface area contributed by atoms with Crippen LogP contribution in [0.5, 0.6) is 5.75 Å². The second kappa shape index (κ2) is 8.14. The predicted octanol–water partition coefficient (Wildman–Crippen LogP) is 2.34. The molecule has 0 heterocycles. The number of rotatable bonds is 7. The van der Waals surface area contributed by atoms with Gasteiger partial charge in [-0.25, -0.2) is 4.79 Å². The molecule has 0 aromatic heterocycles. The molecule has 132 valence electrons. The maximum Gasteiger partial charge on any atom is 0.408 e. The molecule has 0 unspecified atom stereocenters. The molecule has 0 saturated heterocycles. The third-order valence-corrected chi connectivity index (χ3v) is 2.64. The fourth-order valence-corrected chi connectivity index (χ4v) is 1.76. The quantitative estimate of drug-likeness (QED) is 0.576. The van der Waals surface area contributed by atoms with Gasteiger partial charge in [-0.05, 0) is 26.8 Å². The lowest BCUT2D eigenvalue weighted by molar-refractivity contribution is -0.385. The third-order valence-electron chi connectivity index (χ3n) is 2.64. The Morgan fingerprint density at radius 2 is 1.96 bits per heavy atom. The lowest BCUT2D eigenvalue weighted by atomic mass is 10.2. The van der Waals surface area contributed by atoms with Gasteiger partial charge in [0.2, 0.25) is 0 Å². The molecule has 2 N–H and O–H groups in total. The highest BCUT2D eigenvalue weighted by Crippen LogP contribution is 2.25. The second-order valence-corrected chi connectivity index (χ2v) is 5.98. The summed E-state index contributed by atoms with van der Waals surface area (Å²) in [6.45, 7) is 4.75. The molecule has 1 amide bonds. The molecule has 0 radical (unpaired) electrons. The van der Waals surface area contributed by atoms with Crippen LogP contribution in [0.4, 0.5) is 10.5 Å². The van der Waals surface area contributed by atoms with Gasteiger partial charge < -0.3 is 19.9 Å². The van der Waals surface area contributed by atoms with E-state index in [1.54, 1.807) is 26.8 Å². The van der Waals surface area contributed by atoms with Crippen molar-refractivity contribution in [1.29, 1.82) is 0 Å². The number of ether oxygens (including phenoxy) is 2. The molecule has 9 nitrogen and oxygen atoms in total. The van der Waals surface area contributed by atoms with Crippen LogP contribution in [-0.4, -0.2) is 40.3 Å². The van der Waals surface area contributed by atoms with Gasteiger partial charge in [0.1, 0.15) is 12.2 Å². The average Bonchev–Trinajstić information content (AvgIpc) is 2.42. The maximum absolute atomic E-state index is 11.7. The number of para-hydroxylation sites is 2. The Morgan fingerprint density at radius 3 is 2.50 bits per heavy atom. The van der Waals surface area contributed by atoms with Crippen molar-refractivity contribution >= 4 is 17.7 Å². The molecule has 1 rings (SSSR count). The SMILES string of the molecule is CC(C)(C)OC(=O)N[C@@H](COc1ccccc1[N+](=O)[O-])CC(=O)O. The average molecular weight is 340 g/mol. The Balaban J connectivity index is 2.75. The number of nitrogens with zero attached hydrogens (tertiary/aromatic N) is 1. The van der Waals surface area contributed by atoms with Gasteiger partial charge in [-0.15, -0.1) is 0 Å². The number of amides is 1. The van der Waals surface area contributed by atoms with Crippen molar-refractivity contribution < 1.29 is 29.1 Å². The van der Waals surface area contributed by atoms with Gasteiger partial charge in [0.25, 0.3) is 0 Å². The van der Waals surface area contributed by atoms with Crippen LogP contribution in [0.2, 0.25) is 0 Å². The Hall–Kier alpha value is -2.84. The molecular formula is C15H20N2O7. The van der Waals surface area contributed by atoms with E-state index >= 15 is 0 Å². The smallest absolute Gasteiger partial charge is 0.408 e. The number of nitrogens with one attached hydrogen (secondary N) is 1. The van der Waals surface area contributed by atoms with E-state index in [9.17, 15) is 19.7 Å². The number of carboxylic acid groups (broad SMARTS) is 1. The van der Waals surface area contributed by atoms with Crippen LogP contribution < -0.4 is 10.1 Å². The number of carbonyl (C=O) groups excluding carboxylic acids is 1. The molecule has 0 aliphatic heterocycles. The molecule has 24 heavy (non-hydrogen) atoms. The monoisotopic (exact) mass is 340 g/mol. The summed E-state index contributed by atoms with van der Waals surface area (Å²) in [6, 6.07) is 4.79. The number of aliphatic carboxylic acids is 1. The highest BCUT2D eigenvalue weighted by molar-refractivity contribution is 5.71. The molecule has 0 aliphatic carbocycles. The fourth-order valence-electron chi connectivity index (χ4n) is 1.76. The van der Waals surface area contributed by atoms with E-state index in [1.807, 2.05) is 0 Å². The normalized spacial score (nSPS) is 12.1. The second-order valence-electron chi connectivity index (χ2n) is 5.98. The zero-order valence-corrected chi connectivity index (χ0v) is 13.6. The van der Waals surface area contributed by atoms with E-state index in [2.05, 4.69) is 5.32 Å². The predicted molar refractivity (Wildman–Crippen MR) is 84.0 cm³/mol. The van der Waals surface area contributed by atoms with Crippen LogP contribution in [0.1, 0.15) is 27.2 Å². The highest BCUT2D eigenvalue weighted by atomic mass is 16.6. The van der Waals surface area contributed by atoms with Gasteiger partial charge in [0.15, 0.2) is 5.75 Å². The van der Waals surface area contributed by atoms with Crippen LogP contribution in [0.15, 0.2) is 24.3 Å². The first kappa shape index (κ1) is 19.2. The number of nitro groups is 1. The lowest BCUT2D eigenvalue weighted by Gasteiger charge is -2.23. The zero-order valence-electron chi connectivity index (χ0n) is 13.6. The number of alkyl carbamates (subject to hydrolysis) is 1. The summed E-state index contributed by atoms with van der Waals surface area (Å²) in [7, 11) is 0. The van der Waals surface area contributed by atoms with Crippen LogP contribution >= 0.6 is 0 Å². The van der Waals surface area contributed by atoms with Gasteiger partial charge in [-0.3, -0.25) is 14.9 Å². The standard InChI is InChI=1S/C15H20N2O7/c1-15(2,3)24-14(20)16-10(8-13(18)19)9-23-12-7-5-4-6-11(12)17(21)22/h4-7,10H,8-9H2,1-3H3,(H,16,20)(H,18,19)/t10-/m1/s1. The molecule has 0 spiro atoms. The van der Waals surface area contributed by atoms with Gasteiger partial charge in [0.05, 0.1) is 17.4 Å². The van der Waals surface area contributed by atoms with Crippen molar-refractivity contribution in [1.82, 2.24) is 5.32 Å².